The third-order valence-electron chi connectivity index (χ3n) is 6.55. The van der Waals surface area contributed by atoms with Crippen LogP contribution in [0.15, 0.2) is 48.8 Å². The lowest BCUT2D eigenvalue weighted by atomic mass is 9.93. The highest BCUT2D eigenvalue weighted by molar-refractivity contribution is 5.87. The van der Waals surface area contributed by atoms with Gasteiger partial charge in [-0.2, -0.15) is 9.61 Å². The molecule has 8 nitrogen and oxygen atoms in total. The molecule has 0 bridgehead atoms. The third kappa shape index (κ3) is 4.87. The van der Waals surface area contributed by atoms with Gasteiger partial charge < -0.3 is 14.7 Å². The van der Waals surface area contributed by atoms with E-state index >= 15 is 0 Å². The Morgan fingerprint density at radius 2 is 1.83 bits per heavy atom. The van der Waals surface area contributed by atoms with E-state index in [4.69, 9.17) is 9.72 Å². The van der Waals surface area contributed by atoms with Gasteiger partial charge in [-0.1, -0.05) is 18.2 Å². The number of aromatic nitrogens is 4. The molecule has 5 rings (SSSR count). The largest absolute Gasteiger partial charge is 0.363 e. The molecule has 1 atom stereocenters. The highest BCUT2D eigenvalue weighted by Gasteiger charge is 2.29. The molecular weight excluding hydrogens is 440 g/mol. The molecule has 184 valence electrons. The van der Waals surface area contributed by atoms with Crippen LogP contribution >= 0.6 is 0 Å². The lowest BCUT2D eigenvalue weighted by Crippen LogP contribution is -2.45. The van der Waals surface area contributed by atoms with Crippen molar-refractivity contribution in [3.63, 3.8) is 0 Å². The topological polar surface area (TPSA) is 79.0 Å². The van der Waals surface area contributed by atoms with Gasteiger partial charge in [0.05, 0.1) is 17.3 Å². The first-order valence-corrected chi connectivity index (χ1v) is 12.2. The highest BCUT2D eigenvalue weighted by atomic mass is 16.6. The van der Waals surface area contributed by atoms with Crippen molar-refractivity contribution >= 4 is 22.4 Å². The normalized spacial score (nSPS) is 16.7. The number of pyridine rings is 1. The average molecular weight is 475 g/mol. The molecule has 1 fully saturated rings. The fourth-order valence-electron chi connectivity index (χ4n) is 4.72. The number of hydrogen-bond acceptors (Lipinski definition) is 7. The van der Waals surface area contributed by atoms with Gasteiger partial charge in [-0.05, 0) is 45.7 Å². The molecule has 1 aromatic carbocycles. The maximum Gasteiger partial charge on any atom is 0.216 e. The van der Waals surface area contributed by atoms with Crippen molar-refractivity contribution in [1.29, 1.82) is 0 Å². The van der Waals surface area contributed by atoms with E-state index in [0.717, 1.165) is 65.1 Å². The Kier molecular flexibility index (Phi) is 6.21. The molecule has 0 radical (unpaired) electrons. The van der Waals surface area contributed by atoms with Gasteiger partial charge in [0.25, 0.3) is 0 Å². The molecule has 4 heterocycles. The van der Waals surface area contributed by atoms with Crippen LogP contribution < -0.4 is 4.90 Å². The van der Waals surface area contributed by atoms with Crippen molar-refractivity contribution in [3.8, 4) is 11.1 Å². The number of nitrogens with zero attached hydrogens (tertiary/aromatic N) is 6. The summed E-state index contributed by atoms with van der Waals surface area (Å²) in [5.74, 6) is 1.29. The lowest BCUT2D eigenvalue weighted by Gasteiger charge is -2.37. The second-order valence-corrected chi connectivity index (χ2v) is 10.5. The first kappa shape index (κ1) is 23.7. The van der Waals surface area contributed by atoms with Crippen LogP contribution in [-0.4, -0.2) is 68.8 Å². The predicted octanol–water partition coefficient (Wildman–Crippen LogP) is 4.28. The zero-order valence-corrected chi connectivity index (χ0v) is 21.1. The van der Waals surface area contributed by atoms with Gasteiger partial charge in [0.15, 0.2) is 5.65 Å². The quantitative estimate of drug-likeness (QED) is 0.433. The Morgan fingerprint density at radius 1 is 1.09 bits per heavy atom. The van der Waals surface area contributed by atoms with E-state index in [1.165, 1.54) is 0 Å². The van der Waals surface area contributed by atoms with Crippen LogP contribution in [0.1, 0.15) is 45.2 Å². The summed E-state index contributed by atoms with van der Waals surface area (Å²) in [6.45, 7) is 7.39. The monoisotopic (exact) mass is 474 g/mol. The molecule has 0 amide bonds. The number of aliphatic hydroxyl groups excluding tert-OH is 1. The molecule has 0 saturated carbocycles. The molecule has 1 aliphatic heterocycles. The van der Waals surface area contributed by atoms with E-state index < -0.39 is 6.41 Å². The minimum absolute atomic E-state index is 0.300. The minimum Gasteiger partial charge on any atom is -0.363 e. The number of benzene rings is 1. The molecule has 35 heavy (non-hydrogen) atoms. The van der Waals surface area contributed by atoms with Gasteiger partial charge in [0.1, 0.15) is 5.82 Å². The summed E-state index contributed by atoms with van der Waals surface area (Å²) in [7, 11) is 4.06. The third-order valence-corrected chi connectivity index (χ3v) is 6.55. The van der Waals surface area contributed by atoms with E-state index in [2.05, 4.69) is 33.2 Å². The predicted molar refractivity (Wildman–Crippen MR) is 138 cm³/mol. The minimum atomic E-state index is -0.884. The summed E-state index contributed by atoms with van der Waals surface area (Å²) in [5, 5.41) is 16.3. The standard InChI is InChI=1S/C27H34N6O2/c1-27(2,3)35-26(34)32-12-10-18(11-13-32)23-15-24(31(4)5)33-25(30-23)21(17-29-33)20-14-19-8-6-7-9-22(19)28-16-20/h6-9,14-18,26,34H,10-13H2,1-5H3. The Labute approximate surface area is 206 Å². The number of likely N-dealkylation sites (tertiary alicyclic amines) is 1. The van der Waals surface area contributed by atoms with Crippen molar-refractivity contribution < 1.29 is 9.84 Å². The van der Waals surface area contributed by atoms with Gasteiger partial charge in [-0.15, -0.1) is 0 Å². The Hall–Kier alpha value is -3.07. The number of aliphatic hydroxyl groups is 1. The summed E-state index contributed by atoms with van der Waals surface area (Å²) in [6, 6.07) is 12.4. The number of piperidine rings is 1. The van der Waals surface area contributed by atoms with E-state index in [1.807, 2.05) is 74.9 Å². The number of rotatable bonds is 5. The van der Waals surface area contributed by atoms with Crippen LogP contribution in [0.5, 0.6) is 0 Å². The second-order valence-electron chi connectivity index (χ2n) is 10.5. The Balaban J connectivity index is 1.47. The van der Waals surface area contributed by atoms with E-state index in [-0.39, 0.29) is 5.60 Å². The lowest BCUT2D eigenvalue weighted by molar-refractivity contribution is -0.242. The fraction of sp³-hybridized carbons (Fsp3) is 0.444. The number of anilines is 1. The Morgan fingerprint density at radius 3 is 2.54 bits per heavy atom. The summed E-state index contributed by atoms with van der Waals surface area (Å²) in [6.07, 6.45) is 4.71. The molecule has 1 saturated heterocycles. The van der Waals surface area contributed by atoms with Crippen LogP contribution in [0.2, 0.25) is 0 Å². The van der Waals surface area contributed by atoms with Crippen molar-refractivity contribution in [1.82, 2.24) is 24.5 Å². The van der Waals surface area contributed by atoms with Crippen LogP contribution in [0.3, 0.4) is 0 Å². The van der Waals surface area contributed by atoms with E-state index in [1.54, 1.807) is 0 Å². The van der Waals surface area contributed by atoms with E-state index in [9.17, 15) is 5.11 Å². The maximum absolute atomic E-state index is 10.5. The van der Waals surface area contributed by atoms with Gasteiger partial charge >= 0.3 is 0 Å². The molecule has 0 aliphatic carbocycles. The van der Waals surface area contributed by atoms with Crippen molar-refractivity contribution in [2.45, 2.75) is 51.5 Å². The molecular formula is C27H34N6O2. The molecule has 3 aromatic heterocycles. The van der Waals surface area contributed by atoms with Crippen LogP contribution in [-0.2, 0) is 4.74 Å². The number of fused-ring (bicyclic) bond motifs is 2. The zero-order valence-electron chi connectivity index (χ0n) is 21.1. The van der Waals surface area contributed by atoms with Crippen LogP contribution in [0.25, 0.3) is 27.7 Å². The molecule has 1 unspecified atom stereocenters. The first-order valence-electron chi connectivity index (χ1n) is 12.2. The zero-order chi connectivity index (χ0) is 24.7. The van der Waals surface area contributed by atoms with Crippen LogP contribution in [0.4, 0.5) is 5.82 Å². The van der Waals surface area contributed by atoms with Crippen LogP contribution in [0, 0.1) is 0 Å². The molecule has 1 N–H and O–H groups in total. The summed E-state index contributed by atoms with van der Waals surface area (Å²) in [4.78, 5) is 13.8. The van der Waals surface area contributed by atoms with Gasteiger partial charge in [-0.25, -0.2) is 4.98 Å². The SMILES string of the molecule is CN(C)c1cc(C2CCN(C(O)OC(C)(C)C)CC2)nc2c(-c3cnc4ccccc4c3)cnn12. The van der Waals surface area contributed by atoms with Crippen molar-refractivity contribution in [2.24, 2.45) is 0 Å². The van der Waals surface area contributed by atoms with Crippen molar-refractivity contribution in [2.75, 3.05) is 32.1 Å². The number of hydrogen-bond donors (Lipinski definition) is 1. The average Bonchev–Trinajstić information content (AvgIpc) is 3.26. The van der Waals surface area contributed by atoms with Crippen molar-refractivity contribution in [3.05, 3.63) is 54.5 Å². The van der Waals surface area contributed by atoms with E-state index in [0.29, 0.717) is 5.92 Å². The first-order chi connectivity index (χ1) is 16.7. The maximum atomic E-state index is 10.5. The number of ether oxygens (including phenoxy) is 1. The second kappa shape index (κ2) is 9.18. The Bertz CT molecular complexity index is 1330. The molecule has 1 aliphatic rings. The van der Waals surface area contributed by atoms with Gasteiger partial charge in [0, 0.05) is 67.6 Å². The van der Waals surface area contributed by atoms with Gasteiger partial charge in [0.2, 0.25) is 6.41 Å². The highest BCUT2D eigenvalue weighted by Crippen LogP contribution is 2.33. The summed E-state index contributed by atoms with van der Waals surface area (Å²) >= 11 is 0. The fourth-order valence-corrected chi connectivity index (χ4v) is 4.72. The molecule has 4 aromatic rings. The molecule has 8 heteroatoms. The van der Waals surface area contributed by atoms with Gasteiger partial charge in [-0.3, -0.25) is 9.88 Å². The smallest absolute Gasteiger partial charge is 0.216 e. The summed E-state index contributed by atoms with van der Waals surface area (Å²) in [5.41, 5.74) is 4.45. The number of para-hydroxylation sites is 1. The summed E-state index contributed by atoms with van der Waals surface area (Å²) < 4.78 is 7.66. The molecule has 0 spiro atoms.